The summed E-state index contributed by atoms with van der Waals surface area (Å²) in [6.45, 7) is 2.01. The Hall–Kier alpha value is -3.81. The van der Waals surface area contributed by atoms with Crippen LogP contribution in [0, 0.1) is 11.8 Å². The Kier molecular flexibility index (Phi) is 5.26. The lowest BCUT2D eigenvalue weighted by molar-refractivity contribution is -0.142. The molecule has 162 valence electrons. The van der Waals surface area contributed by atoms with Gasteiger partial charge in [0.2, 0.25) is 11.8 Å². The summed E-state index contributed by atoms with van der Waals surface area (Å²) in [4.78, 5) is 45.2. The van der Waals surface area contributed by atoms with Gasteiger partial charge in [0.25, 0.3) is 5.56 Å². The fourth-order valence-corrected chi connectivity index (χ4v) is 4.35. The molecule has 2 aliphatic heterocycles. The fourth-order valence-electron chi connectivity index (χ4n) is 4.35. The van der Waals surface area contributed by atoms with Gasteiger partial charge < -0.3 is 9.80 Å². The number of anilines is 1. The summed E-state index contributed by atoms with van der Waals surface area (Å²) in [6.07, 6.45) is 3.64. The number of aromatic nitrogens is 3. The van der Waals surface area contributed by atoms with Crippen LogP contribution in [0.15, 0.2) is 71.8 Å². The monoisotopic (exact) mass is 429 g/mol. The molecule has 1 atom stereocenters. The molecule has 1 unspecified atom stereocenters. The summed E-state index contributed by atoms with van der Waals surface area (Å²) in [6, 6.07) is 16.4. The van der Waals surface area contributed by atoms with E-state index in [1.54, 1.807) is 28.3 Å². The van der Waals surface area contributed by atoms with Gasteiger partial charge in [-0.2, -0.15) is 5.10 Å². The fraction of sp³-hybridized carbons (Fsp3) is 0.292. The average Bonchev–Trinajstić information content (AvgIpc) is 3.19. The molecule has 4 heterocycles. The van der Waals surface area contributed by atoms with Crippen molar-refractivity contribution in [2.45, 2.75) is 13.0 Å². The Bertz CT molecular complexity index is 1190. The smallest absolute Gasteiger partial charge is 0.266 e. The number of para-hydroxylation sites is 1. The van der Waals surface area contributed by atoms with Gasteiger partial charge in [0, 0.05) is 61.7 Å². The Morgan fingerprint density at radius 3 is 2.53 bits per heavy atom. The van der Waals surface area contributed by atoms with E-state index in [4.69, 9.17) is 0 Å². The van der Waals surface area contributed by atoms with E-state index < -0.39 is 0 Å². The van der Waals surface area contributed by atoms with Crippen molar-refractivity contribution in [1.29, 1.82) is 0 Å². The predicted molar refractivity (Wildman–Crippen MR) is 119 cm³/mol. The molecule has 32 heavy (non-hydrogen) atoms. The average molecular weight is 429 g/mol. The van der Waals surface area contributed by atoms with Crippen LogP contribution in [0.5, 0.6) is 0 Å². The molecule has 2 saturated heterocycles. The van der Waals surface area contributed by atoms with Crippen molar-refractivity contribution in [2.75, 3.05) is 24.5 Å². The number of amides is 2. The maximum Gasteiger partial charge on any atom is 0.266 e. The number of carbonyl (C=O) groups is 2. The molecule has 0 saturated carbocycles. The number of likely N-dealkylation sites (tertiary alicyclic amines) is 1. The molecule has 0 aliphatic carbocycles. The third kappa shape index (κ3) is 3.91. The van der Waals surface area contributed by atoms with E-state index in [0.29, 0.717) is 31.9 Å². The summed E-state index contributed by atoms with van der Waals surface area (Å²) >= 11 is 0. The van der Waals surface area contributed by atoms with Gasteiger partial charge in [-0.05, 0) is 30.3 Å². The first-order valence-corrected chi connectivity index (χ1v) is 10.7. The van der Waals surface area contributed by atoms with E-state index >= 15 is 0 Å². The minimum atomic E-state index is -0.321. The van der Waals surface area contributed by atoms with Crippen LogP contribution < -0.4 is 10.5 Å². The first-order chi connectivity index (χ1) is 15.6. The van der Waals surface area contributed by atoms with E-state index in [1.807, 2.05) is 42.5 Å². The summed E-state index contributed by atoms with van der Waals surface area (Å²) in [5.41, 5.74) is 2.20. The van der Waals surface area contributed by atoms with Gasteiger partial charge in [0.1, 0.15) is 0 Å². The number of carbonyl (C=O) groups excluding carboxylic acids is 2. The number of nitrogens with zero attached hydrogens (tertiary/aromatic N) is 5. The molecular weight excluding hydrogens is 406 g/mol. The number of pyridine rings is 1. The molecule has 5 rings (SSSR count). The van der Waals surface area contributed by atoms with Crippen molar-refractivity contribution >= 4 is 17.5 Å². The van der Waals surface area contributed by atoms with Crippen LogP contribution in [0.4, 0.5) is 5.69 Å². The van der Waals surface area contributed by atoms with Crippen LogP contribution in [0.25, 0.3) is 11.3 Å². The second-order valence-electron chi connectivity index (χ2n) is 8.33. The SMILES string of the molecule is O=C(C1CC(=O)N(c2ccccc2)C1)N1CC(Cn2nc(-c3cccnc3)ccc2=O)C1. The van der Waals surface area contributed by atoms with Crippen molar-refractivity contribution in [1.82, 2.24) is 19.7 Å². The topological polar surface area (TPSA) is 88.4 Å². The molecule has 1 aromatic carbocycles. The number of hydrogen-bond donors (Lipinski definition) is 0. The van der Waals surface area contributed by atoms with Crippen molar-refractivity contribution < 1.29 is 9.59 Å². The van der Waals surface area contributed by atoms with Gasteiger partial charge >= 0.3 is 0 Å². The number of rotatable bonds is 5. The number of hydrogen-bond acceptors (Lipinski definition) is 5. The van der Waals surface area contributed by atoms with Gasteiger partial charge in [-0.15, -0.1) is 0 Å². The highest BCUT2D eigenvalue weighted by Gasteiger charge is 2.41. The van der Waals surface area contributed by atoms with Crippen LogP contribution in [0.3, 0.4) is 0 Å². The summed E-state index contributed by atoms with van der Waals surface area (Å²) in [5.74, 6) is -0.166. The van der Waals surface area contributed by atoms with E-state index in [2.05, 4.69) is 10.1 Å². The molecule has 0 bridgehead atoms. The van der Waals surface area contributed by atoms with Crippen LogP contribution in [0.1, 0.15) is 6.42 Å². The van der Waals surface area contributed by atoms with Crippen molar-refractivity contribution in [2.24, 2.45) is 11.8 Å². The molecule has 3 aromatic rings. The molecule has 0 N–H and O–H groups in total. The summed E-state index contributed by atoms with van der Waals surface area (Å²) < 4.78 is 1.46. The highest BCUT2D eigenvalue weighted by molar-refractivity contribution is 6.00. The van der Waals surface area contributed by atoms with Gasteiger partial charge in [0.05, 0.1) is 18.2 Å². The van der Waals surface area contributed by atoms with E-state index in [0.717, 1.165) is 11.3 Å². The van der Waals surface area contributed by atoms with Crippen molar-refractivity contribution in [3.05, 3.63) is 77.3 Å². The van der Waals surface area contributed by atoms with Crippen LogP contribution in [0.2, 0.25) is 0 Å². The molecule has 2 amide bonds. The lowest BCUT2D eigenvalue weighted by Crippen LogP contribution is -2.54. The molecular formula is C24H23N5O3. The lowest BCUT2D eigenvalue weighted by atomic mass is 9.96. The largest absolute Gasteiger partial charge is 0.342 e. The van der Waals surface area contributed by atoms with Crippen molar-refractivity contribution in [3.63, 3.8) is 0 Å². The molecule has 0 radical (unpaired) electrons. The van der Waals surface area contributed by atoms with Gasteiger partial charge in [0.15, 0.2) is 0 Å². The standard InChI is InChI=1S/C24H23N5O3/c30-22-9-8-21(18-5-4-10-25-12-18)26-29(22)15-17-13-27(14-17)24(32)19-11-23(31)28(16-19)20-6-2-1-3-7-20/h1-10,12,17,19H,11,13-16H2. The zero-order valence-corrected chi connectivity index (χ0v) is 17.5. The Balaban J connectivity index is 1.19. The van der Waals surface area contributed by atoms with E-state index in [1.165, 1.54) is 10.7 Å². The highest BCUT2D eigenvalue weighted by atomic mass is 16.2. The van der Waals surface area contributed by atoms with E-state index in [9.17, 15) is 14.4 Å². The third-order valence-electron chi connectivity index (χ3n) is 6.07. The summed E-state index contributed by atoms with van der Waals surface area (Å²) in [5, 5.41) is 4.47. The summed E-state index contributed by atoms with van der Waals surface area (Å²) in [7, 11) is 0. The van der Waals surface area contributed by atoms with Crippen LogP contribution in [-0.4, -0.2) is 51.1 Å². The maximum absolute atomic E-state index is 12.9. The second-order valence-corrected chi connectivity index (χ2v) is 8.33. The molecule has 2 aliphatic rings. The predicted octanol–water partition coefficient (Wildman–Crippen LogP) is 1.82. The number of benzene rings is 1. The Morgan fingerprint density at radius 2 is 1.78 bits per heavy atom. The zero-order valence-electron chi connectivity index (χ0n) is 17.5. The Morgan fingerprint density at radius 1 is 0.969 bits per heavy atom. The zero-order chi connectivity index (χ0) is 22.1. The minimum Gasteiger partial charge on any atom is -0.342 e. The first-order valence-electron chi connectivity index (χ1n) is 10.7. The van der Waals surface area contributed by atoms with Crippen LogP contribution in [-0.2, 0) is 16.1 Å². The molecule has 2 fully saturated rings. The molecule has 0 spiro atoms. The van der Waals surface area contributed by atoms with Gasteiger partial charge in [-0.3, -0.25) is 19.4 Å². The quantitative estimate of drug-likeness (QED) is 0.617. The molecule has 8 heteroatoms. The third-order valence-corrected chi connectivity index (χ3v) is 6.07. The normalized spacial score (nSPS) is 18.6. The molecule has 8 nitrogen and oxygen atoms in total. The van der Waals surface area contributed by atoms with Gasteiger partial charge in [-0.1, -0.05) is 18.2 Å². The highest BCUT2D eigenvalue weighted by Crippen LogP contribution is 2.28. The minimum absolute atomic E-state index is 0.0115. The molecule has 2 aromatic heterocycles. The lowest BCUT2D eigenvalue weighted by Gasteiger charge is -2.40. The Labute approximate surface area is 185 Å². The second kappa shape index (κ2) is 8.37. The van der Waals surface area contributed by atoms with Crippen molar-refractivity contribution in [3.8, 4) is 11.3 Å². The maximum atomic E-state index is 12.9. The van der Waals surface area contributed by atoms with Crippen LogP contribution >= 0.6 is 0 Å². The first kappa shape index (κ1) is 20.1. The van der Waals surface area contributed by atoms with Gasteiger partial charge in [-0.25, -0.2) is 4.68 Å². The van der Waals surface area contributed by atoms with E-state index in [-0.39, 0.29) is 35.6 Å².